The number of carbonyl (C=O) groups is 2. The molecule has 26 heavy (non-hydrogen) atoms. The van der Waals surface area contributed by atoms with Gasteiger partial charge in [0.2, 0.25) is 0 Å². The summed E-state index contributed by atoms with van der Waals surface area (Å²) >= 11 is 0. The Morgan fingerprint density at radius 2 is 1.77 bits per heavy atom. The second kappa shape index (κ2) is 10.0. The average Bonchev–Trinajstić information content (AvgIpc) is 2.62. The number of amides is 2. The monoisotopic (exact) mass is 357 g/mol. The first-order valence-electron chi connectivity index (χ1n) is 8.42. The lowest BCUT2D eigenvalue weighted by atomic mass is 10.1. The molecule has 7 heteroatoms. The van der Waals surface area contributed by atoms with Crippen LogP contribution in [0.2, 0.25) is 0 Å². The first kappa shape index (κ1) is 19.3. The third kappa shape index (κ3) is 6.45. The van der Waals surface area contributed by atoms with Gasteiger partial charge in [-0.1, -0.05) is 24.3 Å². The number of carboxylic acids is 1. The summed E-state index contributed by atoms with van der Waals surface area (Å²) in [6, 6.07) is 14.6. The van der Waals surface area contributed by atoms with Gasteiger partial charge in [0, 0.05) is 11.8 Å². The van der Waals surface area contributed by atoms with Crippen LogP contribution in [0.15, 0.2) is 54.6 Å². The van der Waals surface area contributed by atoms with Crippen LogP contribution in [0.3, 0.4) is 0 Å². The Bertz CT molecular complexity index is 722. The van der Waals surface area contributed by atoms with Gasteiger partial charge < -0.3 is 26.2 Å². The smallest absolute Gasteiger partial charge is 0.326 e. The average molecular weight is 357 g/mol. The summed E-state index contributed by atoms with van der Waals surface area (Å²) in [5.41, 5.74) is 5.91. The van der Waals surface area contributed by atoms with Gasteiger partial charge in [-0.05, 0) is 50.1 Å². The molecule has 1 atom stereocenters. The van der Waals surface area contributed by atoms with Gasteiger partial charge in [0.05, 0.1) is 0 Å². The number of para-hydroxylation sites is 1. The summed E-state index contributed by atoms with van der Waals surface area (Å²) in [7, 11) is 0. The minimum absolute atomic E-state index is 0.330. The van der Waals surface area contributed by atoms with E-state index >= 15 is 0 Å². The molecule has 0 fully saturated rings. The van der Waals surface area contributed by atoms with Crippen LogP contribution >= 0.6 is 0 Å². The van der Waals surface area contributed by atoms with Crippen molar-refractivity contribution < 1.29 is 19.4 Å². The summed E-state index contributed by atoms with van der Waals surface area (Å²) in [5.74, 6) is 0.171. The van der Waals surface area contributed by atoms with Crippen LogP contribution in [-0.4, -0.2) is 29.7 Å². The molecule has 0 bridgehead atoms. The Morgan fingerprint density at radius 3 is 2.46 bits per heavy atom. The van der Waals surface area contributed by atoms with Crippen molar-refractivity contribution in [3.8, 4) is 11.5 Å². The van der Waals surface area contributed by atoms with Crippen LogP contribution in [0.1, 0.15) is 19.3 Å². The highest BCUT2D eigenvalue weighted by Crippen LogP contribution is 2.23. The number of anilines is 1. The summed E-state index contributed by atoms with van der Waals surface area (Å²) in [4.78, 5) is 23.3. The van der Waals surface area contributed by atoms with E-state index in [0.717, 1.165) is 0 Å². The van der Waals surface area contributed by atoms with E-state index < -0.39 is 18.0 Å². The van der Waals surface area contributed by atoms with Crippen molar-refractivity contribution in [2.45, 2.75) is 25.3 Å². The van der Waals surface area contributed by atoms with Gasteiger partial charge in [-0.15, -0.1) is 0 Å². The van der Waals surface area contributed by atoms with E-state index in [0.29, 0.717) is 43.0 Å². The summed E-state index contributed by atoms with van der Waals surface area (Å²) in [5, 5.41) is 14.3. The maximum Gasteiger partial charge on any atom is 0.326 e. The molecular weight excluding hydrogens is 334 g/mol. The molecule has 0 saturated carbocycles. The van der Waals surface area contributed by atoms with Crippen LogP contribution in [-0.2, 0) is 4.79 Å². The predicted octanol–water partition coefficient (Wildman–Crippen LogP) is 3.18. The molecule has 2 amide bonds. The van der Waals surface area contributed by atoms with Gasteiger partial charge in [0.15, 0.2) is 0 Å². The number of unbranched alkanes of at least 4 members (excludes halogenated alkanes) is 1. The molecule has 2 aromatic carbocycles. The summed E-state index contributed by atoms with van der Waals surface area (Å²) < 4.78 is 5.71. The van der Waals surface area contributed by atoms with Gasteiger partial charge in [-0.2, -0.15) is 0 Å². The number of carbonyl (C=O) groups excluding carboxylic acids is 1. The van der Waals surface area contributed by atoms with Crippen LogP contribution in [0, 0.1) is 0 Å². The molecule has 5 N–H and O–H groups in total. The fourth-order valence-corrected chi connectivity index (χ4v) is 2.34. The van der Waals surface area contributed by atoms with Crippen molar-refractivity contribution in [2.75, 3.05) is 11.9 Å². The highest BCUT2D eigenvalue weighted by atomic mass is 16.5. The van der Waals surface area contributed by atoms with E-state index in [1.165, 1.54) is 0 Å². The summed E-state index contributed by atoms with van der Waals surface area (Å²) in [6.07, 6.45) is 1.68. The molecule has 0 unspecified atom stereocenters. The fourth-order valence-electron chi connectivity index (χ4n) is 2.34. The van der Waals surface area contributed by atoms with Gasteiger partial charge in [-0.3, -0.25) is 0 Å². The molecule has 7 nitrogen and oxygen atoms in total. The standard InChI is InChI=1S/C19H23N3O4/c20-12-5-4-11-17(18(23)24)22-19(25)21-14-7-6-10-16(13-14)26-15-8-2-1-3-9-15/h1-3,6-10,13,17H,4-5,11-12,20H2,(H,23,24)(H2,21,22,25)/t17-/m0/s1. The van der Waals surface area contributed by atoms with Gasteiger partial charge in [0.1, 0.15) is 17.5 Å². The molecule has 0 heterocycles. The molecule has 0 spiro atoms. The van der Waals surface area contributed by atoms with Crippen LogP contribution < -0.4 is 21.1 Å². The maximum atomic E-state index is 12.1. The van der Waals surface area contributed by atoms with E-state index in [1.54, 1.807) is 24.3 Å². The number of nitrogens with one attached hydrogen (secondary N) is 2. The van der Waals surface area contributed by atoms with Crippen molar-refractivity contribution >= 4 is 17.7 Å². The Labute approximate surface area is 152 Å². The van der Waals surface area contributed by atoms with Gasteiger partial charge in [-0.25, -0.2) is 9.59 Å². The number of rotatable bonds is 9. The largest absolute Gasteiger partial charge is 0.480 e. The van der Waals surface area contributed by atoms with Crippen molar-refractivity contribution in [3.63, 3.8) is 0 Å². The quantitative estimate of drug-likeness (QED) is 0.515. The second-order valence-corrected chi connectivity index (χ2v) is 5.72. The minimum Gasteiger partial charge on any atom is -0.480 e. The molecule has 0 aromatic heterocycles. The van der Waals surface area contributed by atoms with Crippen molar-refractivity contribution in [3.05, 3.63) is 54.6 Å². The van der Waals surface area contributed by atoms with Crippen molar-refractivity contribution in [2.24, 2.45) is 5.73 Å². The topological polar surface area (TPSA) is 114 Å². The first-order valence-corrected chi connectivity index (χ1v) is 8.42. The maximum absolute atomic E-state index is 12.1. The molecule has 0 aliphatic rings. The molecule has 0 saturated heterocycles. The minimum atomic E-state index is -1.07. The Hall–Kier alpha value is -3.06. The van der Waals surface area contributed by atoms with Crippen LogP contribution in [0.5, 0.6) is 11.5 Å². The Balaban J connectivity index is 1.93. The molecule has 2 rings (SSSR count). The first-order chi connectivity index (χ1) is 12.6. The third-order valence-corrected chi connectivity index (χ3v) is 3.62. The number of hydrogen-bond acceptors (Lipinski definition) is 4. The highest BCUT2D eigenvalue weighted by molar-refractivity contribution is 5.92. The molecule has 0 aliphatic heterocycles. The molecule has 0 radical (unpaired) electrons. The lowest BCUT2D eigenvalue weighted by molar-refractivity contribution is -0.139. The molecular formula is C19H23N3O4. The highest BCUT2D eigenvalue weighted by Gasteiger charge is 2.19. The van der Waals surface area contributed by atoms with Crippen LogP contribution in [0.25, 0.3) is 0 Å². The zero-order valence-corrected chi connectivity index (χ0v) is 14.4. The van der Waals surface area contributed by atoms with E-state index in [9.17, 15) is 14.7 Å². The number of carboxylic acid groups (broad SMARTS) is 1. The van der Waals surface area contributed by atoms with E-state index in [1.807, 2.05) is 30.3 Å². The fraction of sp³-hybridized carbons (Fsp3) is 0.263. The normalized spacial score (nSPS) is 11.4. The number of nitrogens with two attached hydrogens (primary N) is 1. The summed E-state index contributed by atoms with van der Waals surface area (Å²) in [6.45, 7) is 0.493. The van der Waals surface area contributed by atoms with Crippen molar-refractivity contribution in [1.82, 2.24) is 5.32 Å². The Kier molecular flexibility index (Phi) is 7.45. The van der Waals surface area contributed by atoms with Crippen molar-refractivity contribution in [1.29, 1.82) is 0 Å². The van der Waals surface area contributed by atoms with E-state index in [-0.39, 0.29) is 0 Å². The number of ether oxygens (including phenoxy) is 1. The number of aliphatic carboxylic acids is 1. The molecule has 0 aliphatic carbocycles. The number of hydrogen-bond donors (Lipinski definition) is 4. The lowest BCUT2D eigenvalue weighted by Gasteiger charge is -2.15. The SMILES string of the molecule is NCCCC[C@H](NC(=O)Nc1cccc(Oc2ccccc2)c1)C(=O)O. The molecule has 2 aromatic rings. The van der Waals surface area contributed by atoms with Gasteiger partial charge in [0.25, 0.3) is 0 Å². The second-order valence-electron chi connectivity index (χ2n) is 5.72. The predicted molar refractivity (Wildman–Crippen MR) is 99.4 cm³/mol. The number of benzene rings is 2. The third-order valence-electron chi connectivity index (χ3n) is 3.62. The number of urea groups is 1. The van der Waals surface area contributed by atoms with Gasteiger partial charge >= 0.3 is 12.0 Å². The Morgan fingerprint density at radius 1 is 1.04 bits per heavy atom. The zero-order chi connectivity index (χ0) is 18.8. The molecule has 138 valence electrons. The van der Waals surface area contributed by atoms with E-state index in [2.05, 4.69) is 10.6 Å². The lowest BCUT2D eigenvalue weighted by Crippen LogP contribution is -2.43. The van der Waals surface area contributed by atoms with Crippen LogP contribution in [0.4, 0.5) is 10.5 Å². The van der Waals surface area contributed by atoms with E-state index in [4.69, 9.17) is 10.5 Å². The zero-order valence-electron chi connectivity index (χ0n) is 14.4.